The normalized spacial score (nSPS) is 10.8. The molecule has 4 aromatic rings. The number of para-hydroxylation sites is 1. The number of carbonyl (C=O) groups excluding carboxylic acids is 1. The molecule has 0 bridgehead atoms. The van der Waals surface area contributed by atoms with Gasteiger partial charge in [0.2, 0.25) is 0 Å². The molecule has 0 radical (unpaired) electrons. The highest BCUT2D eigenvalue weighted by Gasteiger charge is 2.16. The molecule has 1 heterocycles. The van der Waals surface area contributed by atoms with Gasteiger partial charge in [0.1, 0.15) is 5.75 Å². The highest BCUT2D eigenvalue weighted by molar-refractivity contribution is 6.13. The molecule has 0 fully saturated rings. The molecule has 1 amide bonds. The van der Waals surface area contributed by atoms with Crippen LogP contribution in [0.25, 0.3) is 22.2 Å². The van der Waals surface area contributed by atoms with E-state index in [1.165, 1.54) is 5.56 Å². The van der Waals surface area contributed by atoms with Crippen molar-refractivity contribution in [3.8, 4) is 17.0 Å². The predicted molar refractivity (Wildman–Crippen MR) is 122 cm³/mol. The Morgan fingerprint density at radius 1 is 0.900 bits per heavy atom. The summed E-state index contributed by atoms with van der Waals surface area (Å²) in [5.74, 6) is 0.436. The van der Waals surface area contributed by atoms with Gasteiger partial charge >= 0.3 is 0 Å². The fourth-order valence-electron chi connectivity index (χ4n) is 3.71. The number of aryl methyl sites for hydroxylation is 3. The summed E-state index contributed by atoms with van der Waals surface area (Å²) in [6, 6.07) is 21.6. The zero-order valence-electron chi connectivity index (χ0n) is 17.6. The minimum Gasteiger partial charge on any atom is -0.495 e. The molecule has 0 saturated carbocycles. The van der Waals surface area contributed by atoms with E-state index >= 15 is 0 Å². The standard InChI is InChI=1S/C26H24N2O2/c1-16-9-11-19(18(3)13-16)23-15-21(20-7-5-6-8-22(20)27-23)26(29)28-24-14-17(2)10-12-25(24)30-4/h5-15H,1-4H3,(H,28,29). The fraction of sp³-hybridized carbons (Fsp3) is 0.154. The van der Waals surface area contributed by atoms with Gasteiger partial charge in [-0.15, -0.1) is 0 Å². The SMILES string of the molecule is COc1ccc(C)cc1NC(=O)c1cc(-c2ccc(C)cc2C)nc2ccccc12. The van der Waals surface area contributed by atoms with Crippen molar-refractivity contribution in [2.24, 2.45) is 0 Å². The Morgan fingerprint density at radius 3 is 2.40 bits per heavy atom. The maximum atomic E-state index is 13.3. The van der Waals surface area contributed by atoms with Gasteiger partial charge in [-0.3, -0.25) is 4.79 Å². The van der Waals surface area contributed by atoms with Gasteiger partial charge in [0, 0.05) is 10.9 Å². The molecule has 1 aromatic heterocycles. The Balaban J connectivity index is 1.84. The number of nitrogens with zero attached hydrogens (tertiary/aromatic N) is 1. The zero-order valence-corrected chi connectivity index (χ0v) is 17.6. The second kappa shape index (κ2) is 7.99. The average Bonchev–Trinajstić information content (AvgIpc) is 2.73. The minimum atomic E-state index is -0.191. The Hall–Kier alpha value is -3.66. The van der Waals surface area contributed by atoms with E-state index in [-0.39, 0.29) is 5.91 Å². The van der Waals surface area contributed by atoms with Gasteiger partial charge in [0.25, 0.3) is 5.91 Å². The first-order valence-electron chi connectivity index (χ1n) is 9.89. The van der Waals surface area contributed by atoms with Crippen molar-refractivity contribution in [3.05, 3.63) is 89.0 Å². The third-order valence-corrected chi connectivity index (χ3v) is 5.22. The van der Waals surface area contributed by atoms with Crippen LogP contribution in [0.4, 0.5) is 5.69 Å². The first kappa shape index (κ1) is 19.6. The first-order valence-corrected chi connectivity index (χ1v) is 9.89. The number of nitrogens with one attached hydrogen (secondary N) is 1. The second-order valence-electron chi connectivity index (χ2n) is 7.55. The van der Waals surface area contributed by atoms with Crippen molar-refractivity contribution in [2.75, 3.05) is 12.4 Å². The Morgan fingerprint density at radius 2 is 1.63 bits per heavy atom. The molecule has 0 spiro atoms. The van der Waals surface area contributed by atoms with E-state index in [2.05, 4.69) is 37.4 Å². The van der Waals surface area contributed by atoms with Crippen LogP contribution in [0.5, 0.6) is 5.75 Å². The molecule has 4 heteroatoms. The number of hydrogen-bond donors (Lipinski definition) is 1. The number of carbonyl (C=O) groups is 1. The van der Waals surface area contributed by atoms with Gasteiger partial charge in [0.15, 0.2) is 0 Å². The zero-order chi connectivity index (χ0) is 21.3. The molecule has 0 saturated heterocycles. The van der Waals surface area contributed by atoms with E-state index in [4.69, 9.17) is 9.72 Å². The number of anilines is 1. The number of aromatic nitrogens is 1. The molecule has 1 N–H and O–H groups in total. The molecular formula is C26H24N2O2. The Labute approximate surface area is 176 Å². The van der Waals surface area contributed by atoms with Gasteiger partial charge in [-0.2, -0.15) is 0 Å². The summed E-state index contributed by atoms with van der Waals surface area (Å²) in [5.41, 5.74) is 7.20. The number of rotatable bonds is 4. The second-order valence-corrected chi connectivity index (χ2v) is 7.55. The van der Waals surface area contributed by atoms with E-state index in [0.717, 1.165) is 33.3 Å². The minimum absolute atomic E-state index is 0.191. The molecule has 0 aliphatic carbocycles. The Bertz CT molecular complexity index is 1260. The number of amides is 1. The van der Waals surface area contributed by atoms with Gasteiger partial charge < -0.3 is 10.1 Å². The topological polar surface area (TPSA) is 51.2 Å². The van der Waals surface area contributed by atoms with Crippen molar-refractivity contribution in [3.63, 3.8) is 0 Å². The number of fused-ring (bicyclic) bond motifs is 1. The molecule has 0 aliphatic heterocycles. The summed E-state index contributed by atoms with van der Waals surface area (Å²) in [7, 11) is 1.60. The van der Waals surface area contributed by atoms with Crippen molar-refractivity contribution in [2.45, 2.75) is 20.8 Å². The third kappa shape index (κ3) is 3.77. The number of methoxy groups -OCH3 is 1. The van der Waals surface area contributed by atoms with Crippen LogP contribution in [-0.2, 0) is 0 Å². The lowest BCUT2D eigenvalue weighted by atomic mass is 9.99. The van der Waals surface area contributed by atoms with E-state index in [1.807, 2.05) is 55.5 Å². The van der Waals surface area contributed by atoms with Crippen LogP contribution in [0.1, 0.15) is 27.0 Å². The molecule has 30 heavy (non-hydrogen) atoms. The average molecular weight is 396 g/mol. The number of hydrogen-bond acceptors (Lipinski definition) is 3. The molecule has 3 aromatic carbocycles. The lowest BCUT2D eigenvalue weighted by Gasteiger charge is -2.14. The van der Waals surface area contributed by atoms with Crippen molar-refractivity contribution in [1.29, 1.82) is 0 Å². The molecular weight excluding hydrogens is 372 g/mol. The smallest absolute Gasteiger partial charge is 0.256 e. The molecule has 150 valence electrons. The van der Waals surface area contributed by atoms with Gasteiger partial charge in [0.05, 0.1) is 29.6 Å². The van der Waals surface area contributed by atoms with E-state index < -0.39 is 0 Å². The maximum absolute atomic E-state index is 13.3. The highest BCUT2D eigenvalue weighted by Crippen LogP contribution is 2.30. The van der Waals surface area contributed by atoms with E-state index in [9.17, 15) is 4.79 Å². The lowest BCUT2D eigenvalue weighted by Crippen LogP contribution is -2.14. The van der Waals surface area contributed by atoms with Gasteiger partial charge in [-0.05, 0) is 56.2 Å². The predicted octanol–water partition coefficient (Wildman–Crippen LogP) is 6.09. The first-order chi connectivity index (χ1) is 14.5. The molecule has 4 nitrogen and oxygen atoms in total. The van der Waals surface area contributed by atoms with Crippen LogP contribution >= 0.6 is 0 Å². The third-order valence-electron chi connectivity index (χ3n) is 5.22. The summed E-state index contributed by atoms with van der Waals surface area (Å²) >= 11 is 0. The lowest BCUT2D eigenvalue weighted by molar-refractivity contribution is 0.102. The largest absolute Gasteiger partial charge is 0.495 e. The highest BCUT2D eigenvalue weighted by atomic mass is 16.5. The van der Waals surface area contributed by atoms with E-state index in [1.54, 1.807) is 7.11 Å². The van der Waals surface area contributed by atoms with Crippen LogP contribution in [0.2, 0.25) is 0 Å². The Kier molecular flexibility index (Phi) is 5.23. The molecule has 0 aliphatic rings. The number of benzene rings is 3. The summed E-state index contributed by atoms with van der Waals surface area (Å²) in [5, 5.41) is 3.84. The summed E-state index contributed by atoms with van der Waals surface area (Å²) in [4.78, 5) is 18.2. The summed E-state index contributed by atoms with van der Waals surface area (Å²) < 4.78 is 5.42. The maximum Gasteiger partial charge on any atom is 0.256 e. The van der Waals surface area contributed by atoms with E-state index in [0.29, 0.717) is 17.0 Å². The van der Waals surface area contributed by atoms with Crippen molar-refractivity contribution in [1.82, 2.24) is 4.98 Å². The molecule has 0 unspecified atom stereocenters. The summed E-state index contributed by atoms with van der Waals surface area (Å²) in [6.07, 6.45) is 0. The van der Waals surface area contributed by atoms with Crippen molar-refractivity contribution < 1.29 is 9.53 Å². The monoisotopic (exact) mass is 396 g/mol. The number of pyridine rings is 1. The van der Waals surface area contributed by atoms with Gasteiger partial charge in [-0.1, -0.05) is 48.0 Å². The summed E-state index contributed by atoms with van der Waals surface area (Å²) in [6.45, 7) is 6.12. The van der Waals surface area contributed by atoms with Crippen molar-refractivity contribution >= 4 is 22.5 Å². The fourth-order valence-corrected chi connectivity index (χ4v) is 3.71. The molecule has 4 rings (SSSR count). The van der Waals surface area contributed by atoms with Crippen LogP contribution in [0.3, 0.4) is 0 Å². The van der Waals surface area contributed by atoms with Crippen LogP contribution in [-0.4, -0.2) is 18.0 Å². The molecule has 0 atom stereocenters. The van der Waals surface area contributed by atoms with Crippen LogP contribution in [0.15, 0.2) is 66.7 Å². The van der Waals surface area contributed by atoms with Crippen LogP contribution in [0, 0.1) is 20.8 Å². The number of ether oxygens (including phenoxy) is 1. The van der Waals surface area contributed by atoms with Gasteiger partial charge in [-0.25, -0.2) is 4.98 Å². The quantitative estimate of drug-likeness (QED) is 0.454. The van der Waals surface area contributed by atoms with Crippen LogP contribution < -0.4 is 10.1 Å².